The number of hydrogen-bond acceptors (Lipinski definition) is 4. The Labute approximate surface area is 89.9 Å². The molecule has 0 radical (unpaired) electrons. The van der Waals surface area contributed by atoms with E-state index in [0.29, 0.717) is 24.8 Å². The zero-order valence-corrected chi connectivity index (χ0v) is 9.16. The largest absolute Gasteiger partial charge is 0.384 e. The first-order valence-electron chi connectivity index (χ1n) is 5.03. The number of nitrogens with zero attached hydrogens (tertiary/aromatic N) is 1. The fraction of sp³-hybridized carbons (Fsp3) is 0.455. The summed E-state index contributed by atoms with van der Waals surface area (Å²) in [7, 11) is 0. The second kappa shape index (κ2) is 5.46. The van der Waals surface area contributed by atoms with Crippen molar-refractivity contribution in [2.24, 2.45) is 0 Å². The van der Waals surface area contributed by atoms with Gasteiger partial charge in [0.05, 0.1) is 6.54 Å². The molecule has 1 aromatic heterocycles. The number of rotatable bonds is 5. The molecule has 1 rings (SSSR count). The summed E-state index contributed by atoms with van der Waals surface area (Å²) in [4.78, 5) is 15.4. The fourth-order valence-corrected chi connectivity index (χ4v) is 1.21. The molecule has 0 amide bonds. The topological polar surface area (TPSA) is 68.0 Å². The zero-order valence-electron chi connectivity index (χ0n) is 9.16. The van der Waals surface area contributed by atoms with Crippen molar-refractivity contribution in [3.05, 3.63) is 23.9 Å². The van der Waals surface area contributed by atoms with Gasteiger partial charge in [-0.15, -0.1) is 0 Å². The number of aromatic nitrogens is 1. The van der Waals surface area contributed by atoms with Crippen LogP contribution in [0.4, 0.5) is 5.82 Å². The first kappa shape index (κ1) is 11.7. The average molecular weight is 207 g/mol. The molecule has 0 spiro atoms. The number of hydrogen-bond donors (Lipinski definition) is 2. The first-order valence-corrected chi connectivity index (χ1v) is 5.03. The van der Waals surface area contributed by atoms with E-state index in [4.69, 9.17) is 5.73 Å². The lowest BCUT2D eigenvalue weighted by Gasteiger charge is -2.07. The number of Topliss-reactive ketones (excluding diaryl/α,β-unsaturated/α-hetero) is 1. The molecule has 0 aliphatic rings. The summed E-state index contributed by atoms with van der Waals surface area (Å²) in [5.41, 5.74) is 6.43. The van der Waals surface area contributed by atoms with Gasteiger partial charge < -0.3 is 11.1 Å². The predicted molar refractivity (Wildman–Crippen MR) is 60.5 cm³/mol. The van der Waals surface area contributed by atoms with Crippen LogP contribution in [0, 0.1) is 0 Å². The molecule has 15 heavy (non-hydrogen) atoms. The van der Waals surface area contributed by atoms with E-state index in [1.807, 2.05) is 19.9 Å². The summed E-state index contributed by atoms with van der Waals surface area (Å²) in [6, 6.07) is 3.87. The van der Waals surface area contributed by atoms with Gasteiger partial charge in [0.1, 0.15) is 5.82 Å². The van der Waals surface area contributed by atoms with Gasteiger partial charge in [0.25, 0.3) is 0 Å². The number of carbonyl (C=O) groups is 1. The average Bonchev–Trinajstić information content (AvgIpc) is 2.15. The predicted octanol–water partition coefficient (Wildman–Crippen LogP) is 0.773. The SMILES string of the molecule is CC(C)NCC(=O)Cc1ccnc(N)c1. The molecule has 0 atom stereocenters. The van der Waals surface area contributed by atoms with Gasteiger partial charge >= 0.3 is 0 Å². The van der Waals surface area contributed by atoms with Crippen molar-refractivity contribution in [1.29, 1.82) is 0 Å². The van der Waals surface area contributed by atoms with Crippen LogP contribution in [0.15, 0.2) is 18.3 Å². The van der Waals surface area contributed by atoms with Crippen molar-refractivity contribution in [3.63, 3.8) is 0 Å². The van der Waals surface area contributed by atoms with Crippen LogP contribution in [0.3, 0.4) is 0 Å². The van der Waals surface area contributed by atoms with Crippen molar-refractivity contribution >= 4 is 11.6 Å². The van der Waals surface area contributed by atoms with Gasteiger partial charge in [-0.1, -0.05) is 13.8 Å². The van der Waals surface area contributed by atoms with Crippen LogP contribution >= 0.6 is 0 Å². The van der Waals surface area contributed by atoms with E-state index in [1.54, 1.807) is 12.3 Å². The molecular formula is C11H17N3O. The molecule has 0 saturated heterocycles. The van der Waals surface area contributed by atoms with E-state index in [0.717, 1.165) is 5.56 Å². The van der Waals surface area contributed by atoms with Crippen molar-refractivity contribution in [3.8, 4) is 0 Å². The highest BCUT2D eigenvalue weighted by atomic mass is 16.1. The minimum Gasteiger partial charge on any atom is -0.384 e. The van der Waals surface area contributed by atoms with Gasteiger partial charge in [-0.25, -0.2) is 4.98 Å². The molecule has 3 N–H and O–H groups in total. The van der Waals surface area contributed by atoms with E-state index in [9.17, 15) is 4.79 Å². The Kier molecular flexibility index (Phi) is 4.24. The van der Waals surface area contributed by atoms with Crippen LogP contribution < -0.4 is 11.1 Å². The maximum Gasteiger partial charge on any atom is 0.150 e. The molecule has 1 aromatic rings. The highest BCUT2D eigenvalue weighted by Crippen LogP contribution is 2.03. The second-order valence-electron chi connectivity index (χ2n) is 3.84. The summed E-state index contributed by atoms with van der Waals surface area (Å²) in [6.07, 6.45) is 2.03. The van der Waals surface area contributed by atoms with E-state index >= 15 is 0 Å². The Balaban J connectivity index is 2.44. The minimum absolute atomic E-state index is 0.161. The van der Waals surface area contributed by atoms with Gasteiger partial charge in [-0.05, 0) is 17.7 Å². The number of ketones is 1. The summed E-state index contributed by atoms with van der Waals surface area (Å²) in [5, 5.41) is 3.08. The molecule has 0 aliphatic heterocycles. The normalized spacial score (nSPS) is 10.6. The van der Waals surface area contributed by atoms with Crippen LogP contribution in [-0.2, 0) is 11.2 Å². The number of pyridine rings is 1. The molecule has 0 saturated carbocycles. The molecule has 0 bridgehead atoms. The Morgan fingerprint density at radius 1 is 1.60 bits per heavy atom. The van der Waals surface area contributed by atoms with Crippen LogP contribution in [0.1, 0.15) is 19.4 Å². The van der Waals surface area contributed by atoms with Crippen LogP contribution in [0.25, 0.3) is 0 Å². The molecule has 4 heteroatoms. The maximum absolute atomic E-state index is 11.5. The van der Waals surface area contributed by atoms with Crippen LogP contribution in [-0.4, -0.2) is 23.4 Å². The molecule has 0 aliphatic carbocycles. The Morgan fingerprint density at radius 3 is 2.93 bits per heavy atom. The summed E-state index contributed by atoms with van der Waals surface area (Å²) >= 11 is 0. The monoisotopic (exact) mass is 207 g/mol. The number of anilines is 1. The van der Waals surface area contributed by atoms with Crippen LogP contribution in [0.2, 0.25) is 0 Å². The number of nitrogen functional groups attached to an aromatic ring is 1. The molecule has 82 valence electrons. The Hall–Kier alpha value is -1.42. The fourth-order valence-electron chi connectivity index (χ4n) is 1.21. The molecule has 4 nitrogen and oxygen atoms in total. The van der Waals surface area contributed by atoms with Gasteiger partial charge in [0.2, 0.25) is 0 Å². The molecular weight excluding hydrogens is 190 g/mol. The third-order valence-electron chi connectivity index (χ3n) is 1.95. The van der Waals surface area contributed by atoms with E-state index in [-0.39, 0.29) is 5.78 Å². The highest BCUT2D eigenvalue weighted by Gasteiger charge is 2.04. The lowest BCUT2D eigenvalue weighted by molar-refractivity contribution is -0.117. The van der Waals surface area contributed by atoms with Gasteiger partial charge in [-0.3, -0.25) is 4.79 Å². The molecule has 1 heterocycles. The zero-order chi connectivity index (χ0) is 11.3. The third-order valence-corrected chi connectivity index (χ3v) is 1.95. The molecule has 0 fully saturated rings. The molecule has 0 unspecified atom stereocenters. The van der Waals surface area contributed by atoms with E-state index in [2.05, 4.69) is 10.3 Å². The third kappa shape index (κ3) is 4.56. The van der Waals surface area contributed by atoms with Crippen molar-refractivity contribution in [2.75, 3.05) is 12.3 Å². The molecule has 0 aromatic carbocycles. The Bertz CT molecular complexity index is 336. The summed E-state index contributed by atoms with van der Waals surface area (Å²) in [6.45, 7) is 4.43. The summed E-state index contributed by atoms with van der Waals surface area (Å²) in [5.74, 6) is 0.617. The van der Waals surface area contributed by atoms with Crippen LogP contribution in [0.5, 0.6) is 0 Å². The maximum atomic E-state index is 11.5. The van der Waals surface area contributed by atoms with Crippen molar-refractivity contribution < 1.29 is 4.79 Å². The second-order valence-corrected chi connectivity index (χ2v) is 3.84. The van der Waals surface area contributed by atoms with Gasteiger partial charge in [0, 0.05) is 18.7 Å². The van der Waals surface area contributed by atoms with E-state index < -0.39 is 0 Å². The Morgan fingerprint density at radius 2 is 2.33 bits per heavy atom. The lowest BCUT2D eigenvalue weighted by Crippen LogP contribution is -2.29. The first-order chi connectivity index (χ1) is 7.08. The lowest BCUT2D eigenvalue weighted by atomic mass is 10.1. The standard InChI is InChI=1S/C11H17N3O/c1-8(2)14-7-10(15)5-9-3-4-13-11(12)6-9/h3-4,6,8,14H,5,7H2,1-2H3,(H2,12,13). The quantitative estimate of drug-likeness (QED) is 0.748. The van der Waals surface area contributed by atoms with Gasteiger partial charge in [0.15, 0.2) is 5.78 Å². The number of nitrogens with one attached hydrogen (secondary N) is 1. The number of nitrogens with two attached hydrogens (primary N) is 1. The highest BCUT2D eigenvalue weighted by molar-refractivity contribution is 5.82. The van der Waals surface area contributed by atoms with Crippen molar-refractivity contribution in [2.45, 2.75) is 26.3 Å². The van der Waals surface area contributed by atoms with Crippen molar-refractivity contribution in [1.82, 2.24) is 10.3 Å². The summed E-state index contributed by atoms with van der Waals surface area (Å²) < 4.78 is 0. The van der Waals surface area contributed by atoms with E-state index in [1.165, 1.54) is 0 Å². The minimum atomic E-state index is 0.161. The smallest absolute Gasteiger partial charge is 0.150 e. The number of carbonyl (C=O) groups excluding carboxylic acids is 1. The van der Waals surface area contributed by atoms with Gasteiger partial charge in [-0.2, -0.15) is 0 Å².